The maximum atomic E-state index is 13.0. The molecule has 2 aromatic carbocycles. The Bertz CT molecular complexity index is 1070. The number of hydrogen-bond donors (Lipinski definition) is 2. The number of carbonyl (C=O) groups is 1. The maximum Gasteiger partial charge on any atom is 0.321 e. The molecule has 0 unspecified atom stereocenters. The molecule has 1 fully saturated rings. The molecule has 9 heteroatoms. The highest BCUT2D eigenvalue weighted by atomic mass is 19.1. The molecule has 0 spiro atoms. The fourth-order valence-corrected chi connectivity index (χ4v) is 3.43. The van der Waals surface area contributed by atoms with Gasteiger partial charge in [0.25, 0.3) is 0 Å². The molecule has 2 N–H and O–H groups in total. The van der Waals surface area contributed by atoms with Crippen molar-refractivity contribution >= 4 is 29.2 Å². The summed E-state index contributed by atoms with van der Waals surface area (Å²) in [7, 11) is 1.63. The second-order valence-electron chi connectivity index (χ2n) is 7.46. The Kier molecular flexibility index (Phi) is 6.34. The van der Waals surface area contributed by atoms with Gasteiger partial charge in [0, 0.05) is 49.3 Å². The Morgan fingerprint density at radius 2 is 1.62 bits per heavy atom. The Hall–Kier alpha value is -3.88. The van der Waals surface area contributed by atoms with Gasteiger partial charge in [-0.3, -0.25) is 0 Å². The molecule has 0 radical (unpaired) electrons. The number of urea groups is 1. The molecule has 1 aromatic heterocycles. The van der Waals surface area contributed by atoms with E-state index in [-0.39, 0.29) is 11.8 Å². The van der Waals surface area contributed by atoms with Crippen LogP contribution in [0.25, 0.3) is 0 Å². The number of anilines is 4. The zero-order chi connectivity index (χ0) is 22.5. The zero-order valence-electron chi connectivity index (χ0n) is 18.0. The zero-order valence-corrected chi connectivity index (χ0v) is 18.0. The van der Waals surface area contributed by atoms with Crippen LogP contribution in [-0.2, 0) is 0 Å². The second kappa shape index (κ2) is 9.51. The van der Waals surface area contributed by atoms with Crippen LogP contribution in [0.1, 0.15) is 5.69 Å². The predicted molar refractivity (Wildman–Crippen MR) is 122 cm³/mol. The van der Waals surface area contributed by atoms with Crippen molar-refractivity contribution in [2.24, 2.45) is 0 Å². The number of ether oxygens (including phenoxy) is 1. The summed E-state index contributed by atoms with van der Waals surface area (Å²) in [5, 5.41) is 6.10. The molecule has 2 amide bonds. The van der Waals surface area contributed by atoms with Gasteiger partial charge in [0.05, 0.1) is 7.11 Å². The molecule has 1 saturated heterocycles. The van der Waals surface area contributed by atoms with Crippen LogP contribution in [0.5, 0.6) is 5.75 Å². The molecule has 0 bridgehead atoms. The molecule has 2 heterocycles. The number of piperazine rings is 1. The minimum absolute atomic E-state index is 0.205. The van der Waals surface area contributed by atoms with Gasteiger partial charge in [0.2, 0.25) is 5.95 Å². The number of aryl methyl sites for hydroxylation is 1. The number of nitrogens with zero attached hydrogens (tertiary/aromatic N) is 4. The fraction of sp³-hybridized carbons (Fsp3) is 0.261. The minimum atomic E-state index is -0.337. The van der Waals surface area contributed by atoms with E-state index in [0.717, 1.165) is 17.1 Å². The molecule has 1 aliphatic rings. The molecule has 4 rings (SSSR count). The lowest BCUT2D eigenvalue weighted by Crippen LogP contribution is -2.50. The number of methoxy groups -OCH3 is 1. The van der Waals surface area contributed by atoms with Crippen molar-refractivity contribution in [1.29, 1.82) is 0 Å². The van der Waals surface area contributed by atoms with E-state index in [4.69, 9.17) is 4.74 Å². The van der Waals surface area contributed by atoms with Crippen LogP contribution in [0.3, 0.4) is 0 Å². The van der Waals surface area contributed by atoms with Crippen LogP contribution in [0.2, 0.25) is 0 Å². The quantitative estimate of drug-likeness (QED) is 0.628. The van der Waals surface area contributed by atoms with Gasteiger partial charge in [-0.1, -0.05) is 0 Å². The first-order valence-electron chi connectivity index (χ1n) is 10.3. The van der Waals surface area contributed by atoms with Crippen molar-refractivity contribution in [3.8, 4) is 5.75 Å². The average Bonchev–Trinajstić information content (AvgIpc) is 2.81. The van der Waals surface area contributed by atoms with E-state index in [1.54, 1.807) is 24.1 Å². The largest absolute Gasteiger partial charge is 0.497 e. The van der Waals surface area contributed by atoms with E-state index in [1.165, 1.54) is 12.1 Å². The standard InChI is InChI=1S/C23H25FN6O2/c1-16-15-21(26-18-7-9-20(32-2)10-8-18)28-22(25-16)29-11-13-30(14-12-29)23(31)27-19-5-3-17(24)4-6-19/h3-10,15H,11-14H2,1-2H3,(H,27,31)(H,25,26,28). The monoisotopic (exact) mass is 436 g/mol. The van der Waals surface area contributed by atoms with Crippen LogP contribution < -0.4 is 20.3 Å². The van der Waals surface area contributed by atoms with Gasteiger partial charge in [0.1, 0.15) is 17.4 Å². The maximum absolute atomic E-state index is 13.0. The topological polar surface area (TPSA) is 82.6 Å². The molecule has 8 nitrogen and oxygen atoms in total. The van der Waals surface area contributed by atoms with Gasteiger partial charge >= 0.3 is 6.03 Å². The number of halogens is 1. The van der Waals surface area contributed by atoms with Crippen molar-refractivity contribution in [2.45, 2.75) is 6.92 Å². The van der Waals surface area contributed by atoms with E-state index in [2.05, 4.69) is 25.5 Å². The Labute approximate surface area is 186 Å². The van der Waals surface area contributed by atoms with E-state index < -0.39 is 0 Å². The van der Waals surface area contributed by atoms with Gasteiger partial charge in [-0.25, -0.2) is 14.2 Å². The summed E-state index contributed by atoms with van der Waals surface area (Å²) >= 11 is 0. The number of rotatable bonds is 5. The molecule has 166 valence electrons. The third kappa shape index (κ3) is 5.23. The van der Waals surface area contributed by atoms with E-state index in [9.17, 15) is 9.18 Å². The smallest absolute Gasteiger partial charge is 0.321 e. The summed E-state index contributed by atoms with van der Waals surface area (Å²) in [5.41, 5.74) is 2.31. The van der Waals surface area contributed by atoms with Crippen molar-refractivity contribution < 1.29 is 13.9 Å². The van der Waals surface area contributed by atoms with Crippen molar-refractivity contribution in [2.75, 3.05) is 48.8 Å². The number of carbonyl (C=O) groups excluding carboxylic acids is 1. The number of nitrogens with one attached hydrogen (secondary N) is 2. The lowest BCUT2D eigenvalue weighted by molar-refractivity contribution is 0.208. The normalized spacial score (nSPS) is 13.6. The summed E-state index contributed by atoms with van der Waals surface area (Å²) in [6.45, 7) is 4.22. The number of hydrogen-bond acceptors (Lipinski definition) is 6. The highest BCUT2D eigenvalue weighted by Crippen LogP contribution is 2.22. The van der Waals surface area contributed by atoms with Gasteiger partial charge in [-0.15, -0.1) is 0 Å². The summed E-state index contributed by atoms with van der Waals surface area (Å²) < 4.78 is 18.2. The van der Waals surface area contributed by atoms with Crippen LogP contribution in [0.15, 0.2) is 54.6 Å². The van der Waals surface area contributed by atoms with Crippen molar-refractivity contribution in [3.63, 3.8) is 0 Å². The van der Waals surface area contributed by atoms with Crippen molar-refractivity contribution in [1.82, 2.24) is 14.9 Å². The average molecular weight is 436 g/mol. The molecule has 0 aliphatic carbocycles. The lowest BCUT2D eigenvalue weighted by atomic mass is 10.3. The molecular formula is C23H25FN6O2. The first-order valence-corrected chi connectivity index (χ1v) is 10.3. The fourth-order valence-electron chi connectivity index (χ4n) is 3.43. The highest BCUT2D eigenvalue weighted by Gasteiger charge is 2.23. The predicted octanol–water partition coefficient (Wildman–Crippen LogP) is 4.03. The third-order valence-electron chi connectivity index (χ3n) is 5.15. The Morgan fingerprint density at radius 3 is 2.28 bits per heavy atom. The van der Waals surface area contributed by atoms with Gasteiger partial charge in [-0.05, 0) is 55.5 Å². The first-order chi connectivity index (χ1) is 15.5. The first kappa shape index (κ1) is 21.4. The van der Waals surface area contributed by atoms with Crippen molar-refractivity contribution in [3.05, 3.63) is 66.1 Å². The van der Waals surface area contributed by atoms with Crippen LogP contribution >= 0.6 is 0 Å². The van der Waals surface area contributed by atoms with Gasteiger partial charge in [-0.2, -0.15) is 4.98 Å². The number of aromatic nitrogens is 2. The van der Waals surface area contributed by atoms with Gasteiger partial charge in [0.15, 0.2) is 0 Å². The molecular weight excluding hydrogens is 411 g/mol. The molecule has 32 heavy (non-hydrogen) atoms. The van der Waals surface area contributed by atoms with E-state index in [0.29, 0.717) is 43.6 Å². The van der Waals surface area contributed by atoms with E-state index >= 15 is 0 Å². The van der Waals surface area contributed by atoms with Crippen LogP contribution in [0, 0.1) is 12.7 Å². The molecule has 0 atom stereocenters. The summed E-state index contributed by atoms with van der Waals surface area (Å²) in [6.07, 6.45) is 0. The SMILES string of the molecule is COc1ccc(Nc2cc(C)nc(N3CCN(C(=O)Nc4ccc(F)cc4)CC3)n2)cc1. The highest BCUT2D eigenvalue weighted by molar-refractivity contribution is 5.89. The summed E-state index contributed by atoms with van der Waals surface area (Å²) in [5.74, 6) is 1.78. The van der Waals surface area contributed by atoms with Crippen LogP contribution in [0.4, 0.5) is 32.3 Å². The van der Waals surface area contributed by atoms with Gasteiger partial charge < -0.3 is 25.2 Å². The number of amides is 2. The minimum Gasteiger partial charge on any atom is -0.497 e. The summed E-state index contributed by atoms with van der Waals surface area (Å²) in [4.78, 5) is 25.5. The molecule has 3 aromatic rings. The molecule has 0 saturated carbocycles. The summed E-state index contributed by atoms with van der Waals surface area (Å²) in [6, 6.07) is 15.0. The lowest BCUT2D eigenvalue weighted by Gasteiger charge is -2.34. The van der Waals surface area contributed by atoms with E-state index in [1.807, 2.05) is 37.3 Å². The Balaban J connectivity index is 1.37. The Morgan fingerprint density at radius 1 is 0.969 bits per heavy atom. The third-order valence-corrected chi connectivity index (χ3v) is 5.15. The second-order valence-corrected chi connectivity index (χ2v) is 7.46. The number of benzene rings is 2. The van der Waals surface area contributed by atoms with Crippen LogP contribution in [-0.4, -0.2) is 54.2 Å². The molecule has 1 aliphatic heterocycles.